The van der Waals surface area contributed by atoms with Crippen molar-refractivity contribution in [2.45, 2.75) is 0 Å². The van der Waals surface area contributed by atoms with Crippen molar-refractivity contribution in [1.82, 2.24) is 4.57 Å². The number of halogens is 1. The molecule has 1 heterocycles. The maximum absolute atomic E-state index is 6.58. The van der Waals surface area contributed by atoms with Crippen LogP contribution in [0, 0.1) is 0 Å². The molecule has 1 aromatic heterocycles. The van der Waals surface area contributed by atoms with Crippen LogP contribution in [-0.2, 0) is 0 Å². The molecule has 4 aromatic rings. The summed E-state index contributed by atoms with van der Waals surface area (Å²) in [4.78, 5) is 0. The molecular weight excluding hydrogens is 342 g/mol. The molecule has 0 fully saturated rings. The summed E-state index contributed by atoms with van der Waals surface area (Å²) in [6, 6.07) is 26.5. The Morgan fingerprint density at radius 3 is 2.46 bits per heavy atom. The Morgan fingerprint density at radius 1 is 0.923 bits per heavy atom. The normalized spacial score (nSPS) is 11.7. The van der Waals surface area contributed by atoms with Gasteiger partial charge in [-0.3, -0.25) is 0 Å². The minimum atomic E-state index is 0.663. The van der Waals surface area contributed by atoms with Crippen LogP contribution in [0.1, 0.15) is 11.1 Å². The first kappa shape index (κ1) is 16.5. The van der Waals surface area contributed by atoms with Crippen LogP contribution in [-0.4, -0.2) is 11.7 Å². The number of hydrogen-bond acceptors (Lipinski definition) is 1. The highest BCUT2D eigenvalue weighted by Gasteiger charge is 2.11. The average Bonchev–Trinajstić information content (AvgIpc) is 3.10. The van der Waals surface area contributed by atoms with Crippen molar-refractivity contribution in [2.75, 3.05) is 7.11 Å². The largest absolute Gasteiger partial charge is 0.497 e. The second-order valence-electron chi connectivity index (χ2n) is 6.04. The Hall–Kier alpha value is -2.97. The Kier molecular flexibility index (Phi) is 4.51. The number of aromatic nitrogens is 1. The molecule has 2 nitrogen and oxygen atoms in total. The van der Waals surface area contributed by atoms with Gasteiger partial charge in [0.05, 0.1) is 17.6 Å². The van der Waals surface area contributed by atoms with Crippen LogP contribution in [0.25, 0.3) is 22.7 Å². The molecule has 0 aliphatic carbocycles. The highest BCUT2D eigenvalue weighted by Crippen LogP contribution is 2.33. The molecular formula is C23H18ClNO. The van der Waals surface area contributed by atoms with Gasteiger partial charge >= 0.3 is 0 Å². The fourth-order valence-corrected chi connectivity index (χ4v) is 3.39. The number of methoxy groups -OCH3 is 1. The summed E-state index contributed by atoms with van der Waals surface area (Å²) >= 11 is 6.58. The van der Waals surface area contributed by atoms with E-state index in [1.807, 2.05) is 36.4 Å². The first-order valence-corrected chi connectivity index (χ1v) is 8.81. The maximum atomic E-state index is 6.58. The zero-order valence-corrected chi connectivity index (χ0v) is 15.1. The summed E-state index contributed by atoms with van der Waals surface area (Å²) in [5.74, 6) is 0.748. The van der Waals surface area contributed by atoms with Crippen LogP contribution in [0.4, 0.5) is 0 Å². The van der Waals surface area contributed by atoms with Gasteiger partial charge < -0.3 is 9.30 Å². The second kappa shape index (κ2) is 7.11. The van der Waals surface area contributed by atoms with Crippen LogP contribution < -0.4 is 4.74 Å². The van der Waals surface area contributed by atoms with Gasteiger partial charge in [0.15, 0.2) is 0 Å². The minimum Gasteiger partial charge on any atom is -0.497 e. The third-order valence-corrected chi connectivity index (χ3v) is 4.76. The zero-order valence-electron chi connectivity index (χ0n) is 14.4. The summed E-state index contributed by atoms with van der Waals surface area (Å²) in [5.41, 5.74) is 4.29. The van der Waals surface area contributed by atoms with Gasteiger partial charge in [0.1, 0.15) is 5.75 Å². The van der Waals surface area contributed by atoms with Crippen molar-refractivity contribution in [3.8, 4) is 5.75 Å². The van der Waals surface area contributed by atoms with Crippen molar-refractivity contribution in [1.29, 1.82) is 0 Å². The molecule has 26 heavy (non-hydrogen) atoms. The fourth-order valence-electron chi connectivity index (χ4n) is 3.11. The van der Waals surface area contributed by atoms with Gasteiger partial charge in [0.25, 0.3) is 0 Å². The number of ether oxygens (including phenoxy) is 1. The molecule has 0 unspecified atom stereocenters. The van der Waals surface area contributed by atoms with Gasteiger partial charge in [0, 0.05) is 23.5 Å². The summed E-state index contributed by atoms with van der Waals surface area (Å²) in [7, 11) is 1.64. The van der Waals surface area contributed by atoms with Crippen LogP contribution in [0.2, 0.25) is 5.02 Å². The van der Waals surface area contributed by atoms with Crippen LogP contribution >= 0.6 is 11.6 Å². The maximum Gasteiger partial charge on any atom is 0.120 e. The third kappa shape index (κ3) is 3.12. The van der Waals surface area contributed by atoms with Gasteiger partial charge in [-0.15, -0.1) is 0 Å². The van der Waals surface area contributed by atoms with E-state index in [2.05, 4.69) is 59.4 Å². The minimum absolute atomic E-state index is 0.663. The van der Waals surface area contributed by atoms with Crippen molar-refractivity contribution in [2.24, 2.45) is 0 Å². The lowest BCUT2D eigenvalue weighted by Gasteiger charge is -2.13. The van der Waals surface area contributed by atoms with Gasteiger partial charge in [-0.05, 0) is 41.3 Å². The van der Waals surface area contributed by atoms with E-state index >= 15 is 0 Å². The standard InChI is InChI=1S/C23H18ClNO/c1-26-19-11-12-20(22(24)15-19)21(17-7-3-2-4-8-17)16-25-14-13-18-9-5-6-10-23(18)25/h2-16H,1H3/b21-16-. The van der Waals surface area contributed by atoms with Gasteiger partial charge in [-0.2, -0.15) is 0 Å². The molecule has 3 heteroatoms. The molecule has 0 radical (unpaired) electrons. The van der Waals surface area contributed by atoms with Gasteiger partial charge in [0.2, 0.25) is 0 Å². The highest BCUT2D eigenvalue weighted by molar-refractivity contribution is 6.33. The molecule has 0 amide bonds. The predicted molar refractivity (Wildman–Crippen MR) is 110 cm³/mol. The lowest BCUT2D eigenvalue weighted by Crippen LogP contribution is -1.94. The molecule has 3 aromatic carbocycles. The molecule has 0 spiro atoms. The molecule has 4 rings (SSSR count). The molecule has 0 aliphatic heterocycles. The smallest absolute Gasteiger partial charge is 0.120 e. The molecule has 128 valence electrons. The van der Waals surface area contributed by atoms with Crippen molar-refractivity contribution in [3.63, 3.8) is 0 Å². The first-order chi connectivity index (χ1) is 12.8. The number of fused-ring (bicyclic) bond motifs is 1. The molecule has 0 N–H and O–H groups in total. The van der Waals surface area contributed by atoms with E-state index in [1.54, 1.807) is 7.11 Å². The van der Waals surface area contributed by atoms with Crippen molar-refractivity contribution in [3.05, 3.63) is 101 Å². The molecule has 0 aliphatic rings. The third-order valence-electron chi connectivity index (χ3n) is 4.45. The number of hydrogen-bond donors (Lipinski definition) is 0. The van der Waals surface area contributed by atoms with E-state index in [0.29, 0.717) is 5.02 Å². The lowest BCUT2D eigenvalue weighted by atomic mass is 9.98. The fraction of sp³-hybridized carbons (Fsp3) is 0.0435. The van der Waals surface area contributed by atoms with E-state index in [4.69, 9.17) is 16.3 Å². The van der Waals surface area contributed by atoms with Crippen molar-refractivity contribution < 1.29 is 4.74 Å². The van der Waals surface area contributed by atoms with E-state index in [1.165, 1.54) is 5.39 Å². The molecule has 0 saturated heterocycles. The average molecular weight is 360 g/mol. The van der Waals surface area contributed by atoms with Crippen LogP contribution in [0.5, 0.6) is 5.75 Å². The van der Waals surface area contributed by atoms with E-state index in [-0.39, 0.29) is 0 Å². The van der Waals surface area contributed by atoms with E-state index in [9.17, 15) is 0 Å². The number of benzene rings is 3. The SMILES string of the molecule is COc1ccc(/C(=C\n2ccc3ccccc32)c2ccccc2)c(Cl)c1. The van der Waals surface area contributed by atoms with Gasteiger partial charge in [-0.1, -0.05) is 60.1 Å². The summed E-state index contributed by atoms with van der Waals surface area (Å²) in [5, 5.41) is 1.87. The van der Waals surface area contributed by atoms with Crippen molar-refractivity contribution >= 4 is 34.3 Å². The highest BCUT2D eigenvalue weighted by atomic mass is 35.5. The quantitative estimate of drug-likeness (QED) is 0.414. The topological polar surface area (TPSA) is 14.2 Å². The number of nitrogens with zero attached hydrogens (tertiary/aromatic N) is 1. The Labute approximate surface area is 157 Å². The van der Waals surface area contributed by atoms with E-state index in [0.717, 1.165) is 28.0 Å². The zero-order chi connectivity index (χ0) is 17.9. The van der Waals surface area contributed by atoms with Crippen LogP contribution in [0.3, 0.4) is 0 Å². The molecule has 0 bridgehead atoms. The summed E-state index contributed by atoms with van der Waals surface area (Å²) < 4.78 is 7.43. The Morgan fingerprint density at radius 2 is 1.69 bits per heavy atom. The Balaban J connectivity index is 1.92. The van der Waals surface area contributed by atoms with Crippen LogP contribution in [0.15, 0.2) is 85.1 Å². The Bertz CT molecular complexity index is 1080. The monoisotopic (exact) mass is 359 g/mol. The van der Waals surface area contributed by atoms with Gasteiger partial charge in [-0.25, -0.2) is 0 Å². The van der Waals surface area contributed by atoms with E-state index < -0.39 is 0 Å². The molecule has 0 saturated carbocycles. The summed E-state index contributed by atoms with van der Waals surface area (Å²) in [6.45, 7) is 0. The number of rotatable bonds is 4. The molecule has 0 atom stereocenters. The summed E-state index contributed by atoms with van der Waals surface area (Å²) in [6.07, 6.45) is 4.20. The number of para-hydroxylation sites is 1. The predicted octanol–water partition coefficient (Wildman–Crippen LogP) is 6.35. The lowest BCUT2D eigenvalue weighted by molar-refractivity contribution is 0.415. The first-order valence-electron chi connectivity index (χ1n) is 8.43. The second-order valence-corrected chi connectivity index (χ2v) is 6.44.